The maximum atomic E-state index is 10.4. The van der Waals surface area contributed by atoms with Gasteiger partial charge in [0.05, 0.1) is 17.3 Å². The predicted molar refractivity (Wildman–Crippen MR) is 67.5 cm³/mol. The van der Waals surface area contributed by atoms with Crippen molar-refractivity contribution < 1.29 is 9.84 Å². The molecule has 0 amide bonds. The van der Waals surface area contributed by atoms with Crippen molar-refractivity contribution in [3.05, 3.63) is 11.6 Å². The molecule has 1 fully saturated rings. The van der Waals surface area contributed by atoms with Gasteiger partial charge in [-0.15, -0.1) is 0 Å². The molecule has 0 aromatic rings. The smallest absolute Gasteiger partial charge is 0.0883 e. The van der Waals surface area contributed by atoms with Crippen LogP contribution in [-0.2, 0) is 4.74 Å². The Morgan fingerprint density at radius 2 is 2.12 bits per heavy atom. The van der Waals surface area contributed by atoms with Crippen molar-refractivity contribution in [1.82, 2.24) is 0 Å². The Bertz CT molecular complexity index is 260. The number of allylic oxidation sites excluding steroid dienone is 2. The summed E-state index contributed by atoms with van der Waals surface area (Å²) in [5.74, 6) is 0. The molecule has 1 saturated heterocycles. The highest BCUT2D eigenvalue weighted by atomic mass is 16.5. The van der Waals surface area contributed by atoms with Gasteiger partial charge in [0.1, 0.15) is 0 Å². The Labute approximate surface area is 99.7 Å². The van der Waals surface area contributed by atoms with E-state index in [1.54, 1.807) is 0 Å². The third-order valence-corrected chi connectivity index (χ3v) is 3.37. The molecule has 0 bridgehead atoms. The minimum atomic E-state index is -0.695. The van der Waals surface area contributed by atoms with Gasteiger partial charge in [0.25, 0.3) is 0 Å². The highest BCUT2D eigenvalue weighted by Crippen LogP contribution is 2.36. The van der Waals surface area contributed by atoms with Gasteiger partial charge in [0.2, 0.25) is 0 Å². The molecule has 0 spiro atoms. The van der Waals surface area contributed by atoms with Gasteiger partial charge >= 0.3 is 0 Å². The van der Waals surface area contributed by atoms with Crippen molar-refractivity contribution >= 4 is 0 Å². The topological polar surface area (TPSA) is 29.5 Å². The van der Waals surface area contributed by atoms with Crippen molar-refractivity contribution in [2.24, 2.45) is 0 Å². The minimum absolute atomic E-state index is 0.00642. The Morgan fingerprint density at radius 3 is 2.56 bits per heavy atom. The molecule has 94 valence electrons. The average molecular weight is 226 g/mol. The molecule has 1 rings (SSSR count). The quantitative estimate of drug-likeness (QED) is 0.744. The normalized spacial score (nSPS) is 27.5. The first kappa shape index (κ1) is 13.7. The number of rotatable bonds is 4. The van der Waals surface area contributed by atoms with E-state index in [0.29, 0.717) is 0 Å². The predicted octanol–water partition coefficient (Wildman–Crippen LogP) is 3.44. The van der Waals surface area contributed by atoms with Crippen LogP contribution in [0.4, 0.5) is 0 Å². The van der Waals surface area contributed by atoms with E-state index in [2.05, 4.69) is 33.8 Å². The van der Waals surface area contributed by atoms with E-state index in [1.165, 1.54) is 5.57 Å². The van der Waals surface area contributed by atoms with E-state index in [9.17, 15) is 5.11 Å². The SMILES string of the molecule is CC(C)=CCC[C@](C)(O)[C@H]1CCC(C)(C)O1. The molecule has 2 nitrogen and oxygen atoms in total. The summed E-state index contributed by atoms with van der Waals surface area (Å²) >= 11 is 0. The van der Waals surface area contributed by atoms with E-state index in [1.807, 2.05) is 6.92 Å². The lowest BCUT2D eigenvalue weighted by Gasteiger charge is -2.31. The van der Waals surface area contributed by atoms with Crippen LogP contribution in [0.5, 0.6) is 0 Å². The molecule has 0 aromatic heterocycles. The van der Waals surface area contributed by atoms with Crippen molar-refractivity contribution in [2.75, 3.05) is 0 Å². The van der Waals surface area contributed by atoms with E-state index in [0.717, 1.165) is 25.7 Å². The second-order valence-corrected chi connectivity index (χ2v) is 6.08. The van der Waals surface area contributed by atoms with Crippen LogP contribution >= 0.6 is 0 Å². The van der Waals surface area contributed by atoms with E-state index in [-0.39, 0.29) is 11.7 Å². The molecule has 2 atom stereocenters. The van der Waals surface area contributed by atoms with Crippen LogP contribution in [0.2, 0.25) is 0 Å². The summed E-state index contributed by atoms with van der Waals surface area (Å²) in [7, 11) is 0. The Morgan fingerprint density at radius 1 is 1.50 bits per heavy atom. The molecule has 1 aliphatic rings. The van der Waals surface area contributed by atoms with Crippen LogP contribution in [0, 0.1) is 0 Å². The summed E-state index contributed by atoms with van der Waals surface area (Å²) in [6.45, 7) is 10.3. The fourth-order valence-corrected chi connectivity index (χ4v) is 2.23. The zero-order valence-electron chi connectivity index (χ0n) is 11.3. The van der Waals surface area contributed by atoms with Crippen molar-refractivity contribution in [3.63, 3.8) is 0 Å². The molecule has 0 radical (unpaired) electrons. The number of hydrogen-bond acceptors (Lipinski definition) is 2. The lowest BCUT2D eigenvalue weighted by atomic mass is 9.91. The summed E-state index contributed by atoms with van der Waals surface area (Å²) in [6.07, 6.45) is 5.88. The van der Waals surface area contributed by atoms with E-state index in [4.69, 9.17) is 4.74 Å². The summed E-state index contributed by atoms with van der Waals surface area (Å²) in [5.41, 5.74) is 0.550. The lowest BCUT2D eigenvalue weighted by molar-refractivity contribution is -0.120. The first-order valence-corrected chi connectivity index (χ1v) is 6.26. The van der Waals surface area contributed by atoms with Crippen molar-refractivity contribution in [1.29, 1.82) is 0 Å². The second kappa shape index (κ2) is 4.89. The molecular formula is C14H26O2. The van der Waals surface area contributed by atoms with Crippen LogP contribution in [0.3, 0.4) is 0 Å². The van der Waals surface area contributed by atoms with Gasteiger partial charge in [-0.05, 0) is 60.3 Å². The van der Waals surface area contributed by atoms with E-state index < -0.39 is 5.60 Å². The number of aliphatic hydroxyl groups is 1. The fourth-order valence-electron chi connectivity index (χ4n) is 2.23. The molecular weight excluding hydrogens is 200 g/mol. The molecule has 16 heavy (non-hydrogen) atoms. The molecule has 1 aliphatic heterocycles. The number of ether oxygens (including phenoxy) is 1. The average Bonchev–Trinajstić information content (AvgIpc) is 2.45. The van der Waals surface area contributed by atoms with Crippen LogP contribution in [0.25, 0.3) is 0 Å². The summed E-state index contributed by atoms with van der Waals surface area (Å²) < 4.78 is 5.90. The Kier molecular flexibility index (Phi) is 4.19. The van der Waals surface area contributed by atoms with Gasteiger partial charge in [-0.3, -0.25) is 0 Å². The maximum Gasteiger partial charge on any atom is 0.0883 e. The Balaban J connectivity index is 2.48. The number of hydrogen-bond donors (Lipinski definition) is 1. The van der Waals surface area contributed by atoms with Crippen LogP contribution < -0.4 is 0 Å². The standard InChI is InChI=1S/C14H26O2/c1-11(2)7-6-9-14(5,15)12-8-10-13(3,4)16-12/h7,12,15H,6,8-10H2,1-5H3/t12-,14+/m1/s1. The van der Waals surface area contributed by atoms with Gasteiger partial charge in [-0.1, -0.05) is 11.6 Å². The molecule has 1 N–H and O–H groups in total. The third kappa shape index (κ3) is 3.91. The minimum Gasteiger partial charge on any atom is -0.387 e. The molecule has 0 aromatic carbocycles. The maximum absolute atomic E-state index is 10.4. The van der Waals surface area contributed by atoms with Gasteiger partial charge in [0.15, 0.2) is 0 Å². The molecule has 0 unspecified atom stereocenters. The Hall–Kier alpha value is -0.340. The molecule has 0 saturated carbocycles. The zero-order chi connectivity index (χ0) is 12.4. The van der Waals surface area contributed by atoms with Gasteiger partial charge in [-0.25, -0.2) is 0 Å². The largest absolute Gasteiger partial charge is 0.387 e. The summed E-state index contributed by atoms with van der Waals surface area (Å²) in [6, 6.07) is 0. The van der Waals surface area contributed by atoms with Gasteiger partial charge in [0, 0.05) is 0 Å². The van der Waals surface area contributed by atoms with Crippen molar-refractivity contribution in [3.8, 4) is 0 Å². The molecule has 2 heteroatoms. The van der Waals surface area contributed by atoms with Crippen LogP contribution in [0.15, 0.2) is 11.6 Å². The van der Waals surface area contributed by atoms with Gasteiger partial charge in [-0.2, -0.15) is 0 Å². The first-order chi connectivity index (χ1) is 7.23. The highest BCUT2D eigenvalue weighted by Gasteiger charge is 2.41. The molecule has 0 aliphatic carbocycles. The van der Waals surface area contributed by atoms with Crippen LogP contribution in [0.1, 0.15) is 60.3 Å². The summed E-state index contributed by atoms with van der Waals surface area (Å²) in [4.78, 5) is 0. The van der Waals surface area contributed by atoms with E-state index >= 15 is 0 Å². The third-order valence-electron chi connectivity index (χ3n) is 3.37. The second-order valence-electron chi connectivity index (χ2n) is 6.08. The monoisotopic (exact) mass is 226 g/mol. The zero-order valence-corrected chi connectivity index (χ0v) is 11.3. The molecule has 1 heterocycles. The lowest BCUT2D eigenvalue weighted by Crippen LogP contribution is -2.40. The highest BCUT2D eigenvalue weighted by molar-refractivity contribution is 4.97. The first-order valence-electron chi connectivity index (χ1n) is 6.26. The van der Waals surface area contributed by atoms with Gasteiger partial charge < -0.3 is 9.84 Å². The summed E-state index contributed by atoms with van der Waals surface area (Å²) in [5, 5.41) is 10.4. The van der Waals surface area contributed by atoms with Crippen LogP contribution in [-0.4, -0.2) is 22.4 Å². The fraction of sp³-hybridized carbons (Fsp3) is 0.857. The van der Waals surface area contributed by atoms with Crippen molar-refractivity contribution in [2.45, 2.75) is 77.6 Å².